The van der Waals surface area contributed by atoms with Crippen molar-refractivity contribution in [3.05, 3.63) is 47.1 Å². The summed E-state index contributed by atoms with van der Waals surface area (Å²) in [6.45, 7) is 4.75. The zero-order chi connectivity index (χ0) is 14.2. The normalized spacial score (nSPS) is 18.9. The first-order valence-corrected chi connectivity index (χ1v) is 6.82. The van der Waals surface area contributed by atoms with E-state index in [9.17, 15) is 0 Å². The number of hydrogen-bond acceptors (Lipinski definition) is 5. The molecule has 0 spiro atoms. The predicted molar refractivity (Wildman–Crippen MR) is 74.3 cm³/mol. The Morgan fingerprint density at radius 3 is 2.95 bits per heavy atom. The maximum atomic E-state index is 5.45. The molecule has 5 heteroatoms. The smallest absolute Gasteiger partial charge is 0.248 e. The second-order valence-corrected chi connectivity index (χ2v) is 5.51. The van der Waals surface area contributed by atoms with Gasteiger partial charge >= 0.3 is 0 Å². The van der Waals surface area contributed by atoms with Gasteiger partial charge in [-0.2, -0.15) is 4.98 Å². The Kier molecular flexibility index (Phi) is 3.31. The summed E-state index contributed by atoms with van der Waals surface area (Å²) in [5.41, 5.74) is 2.00. The van der Waals surface area contributed by atoms with E-state index in [0.717, 1.165) is 13.0 Å². The molecule has 0 saturated carbocycles. The van der Waals surface area contributed by atoms with Crippen LogP contribution in [-0.2, 0) is 16.8 Å². The molecule has 1 atom stereocenters. The summed E-state index contributed by atoms with van der Waals surface area (Å²) in [4.78, 5) is 4.51. The molecular weight excluding hydrogens is 254 g/mol. The summed E-state index contributed by atoms with van der Waals surface area (Å²) in [5.74, 6) is 1.16. The highest BCUT2D eigenvalue weighted by atomic mass is 16.5. The van der Waals surface area contributed by atoms with Crippen LogP contribution in [0.5, 0.6) is 0 Å². The lowest BCUT2D eigenvalue weighted by Gasteiger charge is -2.24. The van der Waals surface area contributed by atoms with Crippen LogP contribution in [0.15, 0.2) is 28.8 Å². The van der Waals surface area contributed by atoms with E-state index in [1.54, 1.807) is 7.11 Å². The van der Waals surface area contributed by atoms with Crippen molar-refractivity contribution in [1.82, 2.24) is 15.5 Å². The van der Waals surface area contributed by atoms with E-state index < -0.39 is 5.60 Å². The Morgan fingerprint density at radius 1 is 1.35 bits per heavy atom. The van der Waals surface area contributed by atoms with Crippen LogP contribution in [0.25, 0.3) is 0 Å². The summed E-state index contributed by atoms with van der Waals surface area (Å²) >= 11 is 0. The van der Waals surface area contributed by atoms with Gasteiger partial charge in [-0.05, 0) is 31.4 Å². The Labute approximate surface area is 118 Å². The van der Waals surface area contributed by atoms with E-state index >= 15 is 0 Å². The van der Waals surface area contributed by atoms with Crippen LogP contribution in [-0.4, -0.2) is 23.8 Å². The molecule has 2 aromatic rings. The van der Waals surface area contributed by atoms with Crippen molar-refractivity contribution < 1.29 is 9.26 Å². The lowest BCUT2D eigenvalue weighted by Crippen LogP contribution is -2.31. The number of ether oxygens (including phenoxy) is 1. The van der Waals surface area contributed by atoms with Crippen LogP contribution in [0.4, 0.5) is 0 Å². The first kappa shape index (κ1) is 13.3. The van der Waals surface area contributed by atoms with Crippen molar-refractivity contribution in [1.29, 1.82) is 0 Å². The van der Waals surface area contributed by atoms with Crippen LogP contribution in [0.1, 0.15) is 42.7 Å². The molecular formula is C15H19N3O2. The second-order valence-electron chi connectivity index (χ2n) is 5.51. The fourth-order valence-corrected chi connectivity index (χ4v) is 2.41. The lowest BCUT2D eigenvalue weighted by molar-refractivity contribution is 0.00973. The molecule has 0 bridgehead atoms. The number of fused-ring (bicyclic) bond motifs is 1. The van der Waals surface area contributed by atoms with Gasteiger partial charge in [0.15, 0.2) is 0 Å². The zero-order valence-electron chi connectivity index (χ0n) is 12.0. The summed E-state index contributed by atoms with van der Waals surface area (Å²) in [5, 5.41) is 7.49. The van der Waals surface area contributed by atoms with Crippen LogP contribution >= 0.6 is 0 Å². The fraction of sp³-hybridized carbons (Fsp3) is 0.467. The number of rotatable bonds is 3. The molecule has 1 aromatic carbocycles. The SMILES string of the molecule is COC(C)(C)c1noc(C2NCCc3ccccc32)n1. The van der Waals surface area contributed by atoms with Gasteiger partial charge in [0.2, 0.25) is 11.7 Å². The van der Waals surface area contributed by atoms with E-state index in [0.29, 0.717) is 11.7 Å². The topological polar surface area (TPSA) is 60.2 Å². The van der Waals surface area contributed by atoms with Crippen molar-refractivity contribution in [2.45, 2.75) is 31.9 Å². The molecule has 20 heavy (non-hydrogen) atoms. The van der Waals surface area contributed by atoms with Gasteiger partial charge in [0.1, 0.15) is 11.6 Å². The van der Waals surface area contributed by atoms with Crippen LogP contribution < -0.4 is 5.32 Å². The van der Waals surface area contributed by atoms with Gasteiger partial charge in [-0.1, -0.05) is 29.4 Å². The zero-order valence-corrected chi connectivity index (χ0v) is 12.0. The molecule has 1 aliphatic heterocycles. The van der Waals surface area contributed by atoms with Gasteiger partial charge in [-0.3, -0.25) is 0 Å². The molecule has 0 fully saturated rings. The third kappa shape index (κ3) is 2.23. The molecule has 1 N–H and O–H groups in total. The molecule has 1 aliphatic rings. The third-order valence-electron chi connectivity index (χ3n) is 3.85. The van der Waals surface area contributed by atoms with Gasteiger partial charge in [0.05, 0.1) is 0 Å². The van der Waals surface area contributed by atoms with E-state index in [-0.39, 0.29) is 6.04 Å². The van der Waals surface area contributed by atoms with Gasteiger partial charge in [-0.25, -0.2) is 0 Å². The Hall–Kier alpha value is -1.72. The highest BCUT2D eigenvalue weighted by Gasteiger charge is 2.30. The monoisotopic (exact) mass is 273 g/mol. The standard InChI is InChI=1S/C15H19N3O2/c1-15(2,19-3)14-17-13(20-18-14)12-11-7-5-4-6-10(11)8-9-16-12/h4-7,12,16H,8-9H2,1-3H3. The van der Waals surface area contributed by atoms with Crippen molar-refractivity contribution in [2.24, 2.45) is 0 Å². The number of benzene rings is 1. The number of methoxy groups -OCH3 is 1. The average Bonchev–Trinajstić information content (AvgIpc) is 2.97. The number of nitrogens with zero attached hydrogens (tertiary/aromatic N) is 2. The molecule has 0 amide bonds. The highest BCUT2D eigenvalue weighted by Crippen LogP contribution is 2.29. The average molecular weight is 273 g/mol. The lowest BCUT2D eigenvalue weighted by atomic mass is 9.94. The van der Waals surface area contributed by atoms with Crippen LogP contribution in [0.3, 0.4) is 0 Å². The molecule has 0 aliphatic carbocycles. The number of nitrogens with one attached hydrogen (secondary N) is 1. The molecule has 0 radical (unpaired) electrons. The van der Waals surface area contributed by atoms with Gasteiger partial charge < -0.3 is 14.6 Å². The molecule has 1 aromatic heterocycles. The fourth-order valence-electron chi connectivity index (χ4n) is 2.41. The maximum Gasteiger partial charge on any atom is 0.248 e. The third-order valence-corrected chi connectivity index (χ3v) is 3.85. The number of hydrogen-bond donors (Lipinski definition) is 1. The molecule has 0 saturated heterocycles. The summed E-state index contributed by atoms with van der Waals surface area (Å²) < 4.78 is 10.8. The van der Waals surface area contributed by atoms with E-state index in [2.05, 4.69) is 33.7 Å². The first-order chi connectivity index (χ1) is 9.62. The van der Waals surface area contributed by atoms with E-state index in [1.807, 2.05) is 19.9 Å². The minimum Gasteiger partial charge on any atom is -0.371 e. The maximum absolute atomic E-state index is 5.45. The minimum atomic E-state index is -0.546. The molecule has 3 rings (SSSR count). The highest BCUT2D eigenvalue weighted by molar-refractivity contribution is 5.35. The Bertz CT molecular complexity index is 607. The van der Waals surface area contributed by atoms with Crippen LogP contribution in [0, 0.1) is 0 Å². The van der Waals surface area contributed by atoms with Crippen molar-refractivity contribution in [3.8, 4) is 0 Å². The number of aromatic nitrogens is 2. The molecule has 1 unspecified atom stereocenters. The van der Waals surface area contributed by atoms with Crippen LogP contribution in [0.2, 0.25) is 0 Å². The first-order valence-electron chi connectivity index (χ1n) is 6.82. The van der Waals surface area contributed by atoms with Crippen molar-refractivity contribution >= 4 is 0 Å². The van der Waals surface area contributed by atoms with E-state index in [1.165, 1.54) is 11.1 Å². The molecule has 5 nitrogen and oxygen atoms in total. The molecule has 2 heterocycles. The Morgan fingerprint density at radius 2 is 2.15 bits per heavy atom. The summed E-state index contributed by atoms with van der Waals surface area (Å²) in [6, 6.07) is 8.33. The van der Waals surface area contributed by atoms with E-state index in [4.69, 9.17) is 9.26 Å². The quantitative estimate of drug-likeness (QED) is 0.929. The second kappa shape index (κ2) is 5.00. The van der Waals surface area contributed by atoms with Crippen molar-refractivity contribution in [2.75, 3.05) is 13.7 Å². The summed E-state index contributed by atoms with van der Waals surface area (Å²) in [6.07, 6.45) is 1.03. The largest absolute Gasteiger partial charge is 0.371 e. The Balaban J connectivity index is 1.95. The summed E-state index contributed by atoms with van der Waals surface area (Å²) in [7, 11) is 1.64. The molecule has 106 valence electrons. The predicted octanol–water partition coefficient (Wildman–Crippen LogP) is 2.19. The van der Waals surface area contributed by atoms with Crippen molar-refractivity contribution in [3.63, 3.8) is 0 Å². The minimum absolute atomic E-state index is 0.0335. The van der Waals surface area contributed by atoms with Gasteiger partial charge in [-0.15, -0.1) is 0 Å². The van der Waals surface area contributed by atoms with Gasteiger partial charge in [0.25, 0.3) is 0 Å². The van der Waals surface area contributed by atoms with Gasteiger partial charge in [0, 0.05) is 13.7 Å².